The first-order chi connectivity index (χ1) is 8.27. The molecule has 0 bridgehead atoms. The van der Waals surface area contributed by atoms with E-state index < -0.39 is 0 Å². The Labute approximate surface area is 98.3 Å². The molecule has 3 heteroatoms. The molecule has 0 saturated carbocycles. The van der Waals surface area contributed by atoms with Crippen LogP contribution in [0.5, 0.6) is 5.95 Å². The summed E-state index contributed by atoms with van der Waals surface area (Å²) in [5, 5.41) is 15.7. The van der Waals surface area contributed by atoms with E-state index in [1.807, 2.05) is 49.4 Å². The Morgan fingerprint density at radius 3 is 2.59 bits per heavy atom. The van der Waals surface area contributed by atoms with E-state index in [1.165, 1.54) is 0 Å². The quantitative estimate of drug-likeness (QED) is 0.689. The summed E-state index contributed by atoms with van der Waals surface area (Å²) in [7, 11) is 0. The van der Waals surface area contributed by atoms with Gasteiger partial charge in [0, 0.05) is 0 Å². The number of rotatable bonds is 1. The predicted molar refractivity (Wildman–Crippen MR) is 65.8 cm³/mol. The van der Waals surface area contributed by atoms with Crippen molar-refractivity contribution >= 4 is 10.8 Å². The molecule has 0 amide bonds. The molecule has 17 heavy (non-hydrogen) atoms. The fourth-order valence-electron chi connectivity index (χ4n) is 2.11. The van der Waals surface area contributed by atoms with Gasteiger partial charge in [0.1, 0.15) is 0 Å². The van der Waals surface area contributed by atoms with E-state index in [1.54, 1.807) is 0 Å². The molecule has 3 nitrogen and oxygen atoms in total. The molecule has 1 N–H and O–H groups in total. The molecule has 0 atom stereocenters. The largest absolute Gasteiger partial charge is 0.479 e. The summed E-state index contributed by atoms with van der Waals surface area (Å²) in [5.74, 6) is -0.126. The maximum atomic E-state index is 9.72. The third kappa shape index (κ3) is 1.47. The van der Waals surface area contributed by atoms with E-state index in [-0.39, 0.29) is 5.95 Å². The molecule has 3 aromatic rings. The highest BCUT2D eigenvalue weighted by atomic mass is 16.5. The van der Waals surface area contributed by atoms with Crippen LogP contribution in [0.2, 0.25) is 0 Å². The number of aromatic hydroxyl groups is 1. The highest BCUT2D eigenvalue weighted by Crippen LogP contribution is 2.36. The first kappa shape index (κ1) is 9.90. The molecule has 84 valence electrons. The van der Waals surface area contributed by atoms with Gasteiger partial charge in [-0.05, 0) is 23.3 Å². The van der Waals surface area contributed by atoms with E-state index in [0.717, 1.165) is 16.3 Å². The number of hydrogen-bond donors (Lipinski definition) is 1. The van der Waals surface area contributed by atoms with Crippen LogP contribution in [0.4, 0.5) is 0 Å². The number of hydrogen-bond acceptors (Lipinski definition) is 3. The lowest BCUT2D eigenvalue weighted by Crippen LogP contribution is -1.82. The van der Waals surface area contributed by atoms with E-state index in [2.05, 4.69) is 5.16 Å². The van der Waals surface area contributed by atoms with Crippen LogP contribution in [-0.2, 0) is 0 Å². The second-order valence-corrected chi connectivity index (χ2v) is 3.97. The van der Waals surface area contributed by atoms with Gasteiger partial charge in [0.05, 0.1) is 11.3 Å². The van der Waals surface area contributed by atoms with Gasteiger partial charge in [0.25, 0.3) is 0 Å². The van der Waals surface area contributed by atoms with Crippen LogP contribution in [0.1, 0.15) is 5.69 Å². The lowest BCUT2D eigenvalue weighted by atomic mass is 9.99. The second-order valence-electron chi connectivity index (χ2n) is 3.97. The van der Waals surface area contributed by atoms with Crippen LogP contribution in [0.15, 0.2) is 47.0 Å². The van der Waals surface area contributed by atoms with Crippen LogP contribution in [0.25, 0.3) is 21.9 Å². The molecule has 0 unspecified atom stereocenters. The zero-order valence-corrected chi connectivity index (χ0v) is 9.34. The molecule has 1 aromatic heterocycles. The number of aryl methyl sites for hydroxylation is 1. The van der Waals surface area contributed by atoms with Crippen molar-refractivity contribution in [2.75, 3.05) is 0 Å². The molecule has 1 heterocycles. The average Bonchev–Trinajstić information content (AvgIpc) is 2.69. The minimum atomic E-state index is -0.126. The first-order valence-electron chi connectivity index (χ1n) is 5.41. The summed E-state index contributed by atoms with van der Waals surface area (Å²) in [6.45, 7) is 1.82. The standard InChI is InChI=1S/C14H11NO2/c1-9-13(14(16)17-15-9)12-8-4-6-10-5-2-3-7-11(10)12/h2-8,16H,1H3. The Bertz CT molecular complexity index is 661. The van der Waals surface area contributed by atoms with Gasteiger partial charge in [-0.25, -0.2) is 0 Å². The normalized spacial score (nSPS) is 10.9. The van der Waals surface area contributed by atoms with E-state index in [4.69, 9.17) is 4.52 Å². The van der Waals surface area contributed by atoms with Gasteiger partial charge in [-0.15, -0.1) is 0 Å². The smallest absolute Gasteiger partial charge is 0.316 e. The molecular weight excluding hydrogens is 214 g/mol. The Hall–Kier alpha value is -2.29. The molecule has 0 radical (unpaired) electrons. The third-order valence-electron chi connectivity index (χ3n) is 2.90. The highest BCUT2D eigenvalue weighted by molar-refractivity contribution is 5.97. The second kappa shape index (κ2) is 3.63. The molecule has 0 fully saturated rings. The van der Waals surface area contributed by atoms with Crippen LogP contribution < -0.4 is 0 Å². The molecule has 0 saturated heterocycles. The maximum absolute atomic E-state index is 9.72. The fraction of sp³-hybridized carbons (Fsp3) is 0.0714. The fourth-order valence-corrected chi connectivity index (χ4v) is 2.11. The van der Waals surface area contributed by atoms with Gasteiger partial charge in [-0.2, -0.15) is 0 Å². The van der Waals surface area contributed by atoms with Crippen molar-refractivity contribution in [3.05, 3.63) is 48.2 Å². The lowest BCUT2D eigenvalue weighted by molar-refractivity contribution is 0.278. The van der Waals surface area contributed by atoms with Crippen LogP contribution >= 0.6 is 0 Å². The van der Waals surface area contributed by atoms with E-state index >= 15 is 0 Å². The van der Waals surface area contributed by atoms with Crippen LogP contribution in [0.3, 0.4) is 0 Å². The zero-order valence-electron chi connectivity index (χ0n) is 9.34. The Morgan fingerprint density at radius 2 is 1.82 bits per heavy atom. The van der Waals surface area contributed by atoms with E-state index in [0.29, 0.717) is 11.3 Å². The zero-order chi connectivity index (χ0) is 11.8. The Balaban J connectivity index is 2.38. The number of fused-ring (bicyclic) bond motifs is 1. The number of aromatic nitrogens is 1. The topological polar surface area (TPSA) is 46.3 Å². The number of nitrogens with zero attached hydrogens (tertiary/aromatic N) is 1. The Kier molecular flexibility index (Phi) is 2.11. The molecule has 0 aliphatic heterocycles. The third-order valence-corrected chi connectivity index (χ3v) is 2.90. The van der Waals surface area contributed by atoms with Gasteiger partial charge in [0.2, 0.25) is 0 Å². The van der Waals surface area contributed by atoms with Gasteiger partial charge >= 0.3 is 5.95 Å². The highest BCUT2D eigenvalue weighted by Gasteiger charge is 2.15. The minimum absolute atomic E-state index is 0.126. The lowest BCUT2D eigenvalue weighted by Gasteiger charge is -2.04. The van der Waals surface area contributed by atoms with Crippen molar-refractivity contribution in [1.82, 2.24) is 5.16 Å². The SMILES string of the molecule is Cc1noc(O)c1-c1cccc2ccccc12. The van der Waals surface area contributed by atoms with Crippen molar-refractivity contribution in [2.24, 2.45) is 0 Å². The van der Waals surface area contributed by atoms with Crippen LogP contribution in [0, 0.1) is 6.92 Å². The number of benzene rings is 2. The first-order valence-corrected chi connectivity index (χ1v) is 5.41. The van der Waals surface area contributed by atoms with Crippen molar-refractivity contribution in [2.45, 2.75) is 6.92 Å². The van der Waals surface area contributed by atoms with Crippen molar-refractivity contribution < 1.29 is 9.63 Å². The monoisotopic (exact) mass is 225 g/mol. The molecule has 0 aliphatic carbocycles. The van der Waals surface area contributed by atoms with E-state index in [9.17, 15) is 5.11 Å². The summed E-state index contributed by atoms with van der Waals surface area (Å²) in [6.07, 6.45) is 0. The molecular formula is C14H11NO2. The minimum Gasteiger partial charge on any atom is -0.479 e. The predicted octanol–water partition coefficient (Wildman–Crippen LogP) is 3.51. The Morgan fingerprint density at radius 1 is 1.06 bits per heavy atom. The van der Waals surface area contributed by atoms with Gasteiger partial charge in [0.15, 0.2) is 0 Å². The molecule has 3 rings (SSSR count). The molecule has 0 aliphatic rings. The van der Waals surface area contributed by atoms with Crippen molar-refractivity contribution in [3.63, 3.8) is 0 Å². The van der Waals surface area contributed by atoms with Crippen molar-refractivity contribution in [1.29, 1.82) is 0 Å². The van der Waals surface area contributed by atoms with Gasteiger partial charge in [-0.1, -0.05) is 47.6 Å². The summed E-state index contributed by atoms with van der Waals surface area (Å²) in [5.41, 5.74) is 2.31. The average molecular weight is 225 g/mol. The summed E-state index contributed by atoms with van der Waals surface area (Å²) in [4.78, 5) is 0. The summed E-state index contributed by atoms with van der Waals surface area (Å²) >= 11 is 0. The summed E-state index contributed by atoms with van der Waals surface area (Å²) in [6, 6.07) is 14.0. The van der Waals surface area contributed by atoms with Crippen molar-refractivity contribution in [3.8, 4) is 17.1 Å². The molecule has 2 aromatic carbocycles. The maximum Gasteiger partial charge on any atom is 0.316 e. The van der Waals surface area contributed by atoms with Gasteiger partial charge < -0.3 is 9.63 Å². The van der Waals surface area contributed by atoms with Gasteiger partial charge in [-0.3, -0.25) is 0 Å². The summed E-state index contributed by atoms with van der Waals surface area (Å²) < 4.78 is 4.80. The molecule has 0 spiro atoms. The van der Waals surface area contributed by atoms with Crippen LogP contribution in [-0.4, -0.2) is 10.3 Å².